The van der Waals surface area contributed by atoms with Gasteiger partial charge in [0.25, 0.3) is 0 Å². The van der Waals surface area contributed by atoms with Gasteiger partial charge in [-0.3, -0.25) is 4.79 Å². The fourth-order valence-electron chi connectivity index (χ4n) is 2.34. The number of methoxy groups -OCH3 is 1. The minimum Gasteiger partial charge on any atom is -0.465 e. The molecule has 1 heterocycles. The number of anilines is 1. The summed E-state index contributed by atoms with van der Waals surface area (Å²) in [6, 6.07) is 16.0. The Morgan fingerprint density at radius 2 is 1.88 bits per heavy atom. The van der Waals surface area contributed by atoms with Crippen LogP contribution in [0, 0.1) is 0 Å². The first-order valence-corrected chi connectivity index (χ1v) is 8.02. The second-order valence-corrected chi connectivity index (χ2v) is 5.49. The van der Waals surface area contributed by atoms with E-state index in [-0.39, 0.29) is 12.3 Å². The number of esters is 1. The molecule has 3 aromatic rings. The molecule has 2 aromatic carbocycles. The Hall–Kier alpha value is -3.48. The second kappa shape index (κ2) is 8.06. The Morgan fingerprint density at radius 3 is 2.65 bits per heavy atom. The Balaban J connectivity index is 1.56. The van der Waals surface area contributed by atoms with Crippen molar-refractivity contribution in [2.75, 3.05) is 12.4 Å². The van der Waals surface area contributed by atoms with Crippen molar-refractivity contribution in [3.05, 3.63) is 66.1 Å². The lowest BCUT2D eigenvalue weighted by Crippen LogP contribution is -2.13. The summed E-state index contributed by atoms with van der Waals surface area (Å²) in [5.74, 6) is 0.140. The van der Waals surface area contributed by atoms with Gasteiger partial charge in [-0.2, -0.15) is 0 Å². The van der Waals surface area contributed by atoms with Crippen molar-refractivity contribution < 1.29 is 18.7 Å². The minimum atomic E-state index is -0.458. The number of amides is 1. The highest BCUT2D eigenvalue weighted by molar-refractivity contribution is 5.94. The van der Waals surface area contributed by atoms with Gasteiger partial charge in [0.2, 0.25) is 17.7 Å². The van der Waals surface area contributed by atoms with Crippen molar-refractivity contribution in [3.8, 4) is 11.5 Å². The molecule has 7 nitrogen and oxygen atoms in total. The molecule has 0 aliphatic heterocycles. The first kappa shape index (κ1) is 17.3. The number of aromatic nitrogens is 2. The third kappa shape index (κ3) is 4.32. The summed E-state index contributed by atoms with van der Waals surface area (Å²) in [6.45, 7) is 0. The molecule has 0 fully saturated rings. The van der Waals surface area contributed by atoms with Crippen molar-refractivity contribution in [2.45, 2.75) is 12.8 Å². The Morgan fingerprint density at radius 1 is 1.08 bits per heavy atom. The van der Waals surface area contributed by atoms with Crippen molar-refractivity contribution >= 4 is 17.6 Å². The number of benzene rings is 2. The number of carbonyl (C=O) groups is 2. The van der Waals surface area contributed by atoms with Gasteiger partial charge in [0.05, 0.1) is 12.7 Å². The molecule has 7 heteroatoms. The van der Waals surface area contributed by atoms with Gasteiger partial charge in [0.1, 0.15) is 0 Å². The number of rotatable bonds is 6. The maximum absolute atomic E-state index is 12.1. The molecular formula is C19H17N3O4. The van der Waals surface area contributed by atoms with E-state index in [0.29, 0.717) is 29.5 Å². The highest BCUT2D eigenvalue weighted by Crippen LogP contribution is 2.18. The fraction of sp³-hybridized carbons (Fsp3) is 0.158. The van der Waals surface area contributed by atoms with E-state index < -0.39 is 5.97 Å². The van der Waals surface area contributed by atoms with Crippen LogP contribution in [0.1, 0.15) is 22.7 Å². The van der Waals surface area contributed by atoms with E-state index in [1.54, 1.807) is 24.3 Å². The van der Waals surface area contributed by atoms with Gasteiger partial charge in [0, 0.05) is 24.1 Å². The highest BCUT2D eigenvalue weighted by atomic mass is 16.5. The van der Waals surface area contributed by atoms with Gasteiger partial charge in [0.15, 0.2) is 0 Å². The van der Waals surface area contributed by atoms with Crippen molar-refractivity contribution in [1.82, 2.24) is 10.2 Å². The minimum absolute atomic E-state index is 0.179. The lowest BCUT2D eigenvalue weighted by molar-refractivity contribution is -0.116. The van der Waals surface area contributed by atoms with E-state index in [1.165, 1.54) is 7.11 Å². The fourth-order valence-corrected chi connectivity index (χ4v) is 2.34. The van der Waals surface area contributed by atoms with Crippen LogP contribution in [-0.2, 0) is 16.0 Å². The Kier molecular flexibility index (Phi) is 5.38. The molecule has 0 unspecified atom stereocenters. The molecule has 0 saturated heterocycles. The van der Waals surface area contributed by atoms with Crippen LogP contribution in [0.4, 0.5) is 5.69 Å². The van der Waals surface area contributed by atoms with Crippen LogP contribution in [0.5, 0.6) is 0 Å². The number of nitrogens with zero attached hydrogens (tertiary/aromatic N) is 2. The summed E-state index contributed by atoms with van der Waals surface area (Å²) in [5, 5.41) is 10.7. The lowest BCUT2D eigenvalue weighted by Gasteiger charge is -2.06. The van der Waals surface area contributed by atoms with Crippen LogP contribution in [0.2, 0.25) is 0 Å². The van der Waals surface area contributed by atoms with E-state index in [1.807, 2.05) is 30.3 Å². The summed E-state index contributed by atoms with van der Waals surface area (Å²) >= 11 is 0. The maximum atomic E-state index is 12.1. The molecular weight excluding hydrogens is 334 g/mol. The van der Waals surface area contributed by atoms with E-state index in [0.717, 1.165) is 5.56 Å². The van der Waals surface area contributed by atoms with Crippen molar-refractivity contribution in [3.63, 3.8) is 0 Å². The van der Waals surface area contributed by atoms with Crippen LogP contribution in [0.25, 0.3) is 11.5 Å². The van der Waals surface area contributed by atoms with Gasteiger partial charge in [-0.05, 0) is 30.3 Å². The summed E-state index contributed by atoms with van der Waals surface area (Å²) in [7, 11) is 1.31. The average molecular weight is 351 g/mol. The second-order valence-electron chi connectivity index (χ2n) is 5.49. The topological polar surface area (TPSA) is 94.3 Å². The number of carbonyl (C=O) groups excluding carboxylic acids is 2. The van der Waals surface area contributed by atoms with E-state index in [9.17, 15) is 9.59 Å². The Bertz CT molecular complexity index is 906. The van der Waals surface area contributed by atoms with Crippen LogP contribution in [0.3, 0.4) is 0 Å². The third-order valence-corrected chi connectivity index (χ3v) is 3.62. The molecule has 0 aliphatic rings. The molecule has 3 rings (SSSR count). The largest absolute Gasteiger partial charge is 0.465 e. The van der Waals surface area contributed by atoms with Crippen molar-refractivity contribution in [1.29, 1.82) is 0 Å². The molecule has 0 spiro atoms. The summed E-state index contributed by atoms with van der Waals surface area (Å²) in [4.78, 5) is 23.6. The first-order valence-electron chi connectivity index (χ1n) is 8.02. The smallest absolute Gasteiger partial charge is 0.337 e. The number of hydrogen-bond acceptors (Lipinski definition) is 6. The monoisotopic (exact) mass is 351 g/mol. The zero-order valence-electron chi connectivity index (χ0n) is 14.1. The van der Waals surface area contributed by atoms with Gasteiger partial charge >= 0.3 is 5.97 Å². The average Bonchev–Trinajstić information content (AvgIpc) is 3.16. The Labute approximate surface area is 150 Å². The normalized spacial score (nSPS) is 10.3. The quantitative estimate of drug-likeness (QED) is 0.686. The van der Waals surface area contributed by atoms with Gasteiger partial charge in [-0.1, -0.05) is 24.3 Å². The van der Waals surface area contributed by atoms with Crippen LogP contribution >= 0.6 is 0 Å². The lowest BCUT2D eigenvalue weighted by atomic mass is 10.2. The summed E-state index contributed by atoms with van der Waals surface area (Å²) < 4.78 is 10.2. The number of aryl methyl sites for hydroxylation is 1. The first-order chi connectivity index (χ1) is 12.7. The standard InChI is InChI=1S/C19H17N3O4/c1-25-19(24)14-8-5-9-15(12-14)20-16(23)10-11-17-21-22-18(26-17)13-6-3-2-4-7-13/h2-9,12H,10-11H2,1H3,(H,20,23). The van der Waals surface area contributed by atoms with Gasteiger partial charge < -0.3 is 14.5 Å². The molecule has 1 aromatic heterocycles. The van der Waals surface area contributed by atoms with Crippen LogP contribution < -0.4 is 5.32 Å². The van der Waals surface area contributed by atoms with Crippen molar-refractivity contribution in [2.24, 2.45) is 0 Å². The predicted molar refractivity (Wildman–Crippen MR) is 94.5 cm³/mol. The third-order valence-electron chi connectivity index (χ3n) is 3.62. The van der Waals surface area contributed by atoms with E-state index in [4.69, 9.17) is 4.42 Å². The predicted octanol–water partition coefficient (Wildman–Crippen LogP) is 3.09. The molecule has 26 heavy (non-hydrogen) atoms. The SMILES string of the molecule is COC(=O)c1cccc(NC(=O)CCc2nnc(-c3ccccc3)o2)c1. The zero-order valence-corrected chi connectivity index (χ0v) is 14.1. The van der Waals surface area contributed by atoms with Gasteiger partial charge in [-0.25, -0.2) is 4.79 Å². The summed E-state index contributed by atoms with van der Waals surface area (Å²) in [6.07, 6.45) is 0.501. The molecule has 1 amide bonds. The van der Waals surface area contributed by atoms with Crippen LogP contribution in [0.15, 0.2) is 59.0 Å². The highest BCUT2D eigenvalue weighted by Gasteiger charge is 2.11. The van der Waals surface area contributed by atoms with E-state index >= 15 is 0 Å². The molecule has 1 N–H and O–H groups in total. The molecule has 0 atom stereocenters. The molecule has 132 valence electrons. The molecule has 0 bridgehead atoms. The summed E-state index contributed by atoms with van der Waals surface area (Å²) in [5.41, 5.74) is 1.72. The number of nitrogens with one attached hydrogen (secondary N) is 1. The number of ether oxygens (including phenoxy) is 1. The molecule has 0 radical (unpaired) electrons. The number of hydrogen-bond donors (Lipinski definition) is 1. The maximum Gasteiger partial charge on any atom is 0.337 e. The molecule has 0 aliphatic carbocycles. The van der Waals surface area contributed by atoms with Gasteiger partial charge in [-0.15, -0.1) is 10.2 Å². The van der Waals surface area contributed by atoms with Crippen LogP contribution in [-0.4, -0.2) is 29.2 Å². The molecule has 0 saturated carbocycles. The zero-order chi connectivity index (χ0) is 18.4. The van der Waals surface area contributed by atoms with E-state index in [2.05, 4.69) is 20.3 Å².